The summed E-state index contributed by atoms with van der Waals surface area (Å²) in [5.74, 6) is -0.665. The summed E-state index contributed by atoms with van der Waals surface area (Å²) < 4.78 is 4.91. The summed E-state index contributed by atoms with van der Waals surface area (Å²) in [7, 11) is 0. The average molecular weight is 229 g/mol. The maximum Gasteiger partial charge on any atom is 0.339 e. The molecule has 0 saturated carbocycles. The van der Waals surface area contributed by atoms with E-state index >= 15 is 0 Å². The summed E-state index contributed by atoms with van der Waals surface area (Å²) in [4.78, 5) is 12.4. The third-order valence-electron chi connectivity index (χ3n) is 2.00. The zero-order valence-corrected chi connectivity index (χ0v) is 9.42. The lowest BCUT2D eigenvalue weighted by Crippen LogP contribution is -2.44. The van der Waals surface area contributed by atoms with Gasteiger partial charge in [-0.05, 0) is 18.4 Å². The van der Waals surface area contributed by atoms with Crippen LogP contribution in [0.15, 0.2) is 17.5 Å². The molecule has 1 rings (SSSR count). The van der Waals surface area contributed by atoms with Crippen LogP contribution in [-0.4, -0.2) is 29.8 Å². The minimum absolute atomic E-state index is 0.134. The molecule has 3 N–H and O–H groups in total. The molecule has 4 nitrogen and oxygen atoms in total. The molecule has 1 aromatic heterocycles. The van der Waals surface area contributed by atoms with E-state index in [2.05, 4.69) is 0 Å². The first-order chi connectivity index (χ1) is 7.06. The smallest absolute Gasteiger partial charge is 0.339 e. The summed E-state index contributed by atoms with van der Waals surface area (Å²) in [6.45, 7) is 1.49. The highest BCUT2D eigenvalue weighted by atomic mass is 32.1. The van der Waals surface area contributed by atoms with Gasteiger partial charge in [0.2, 0.25) is 0 Å². The Labute approximate surface area is 92.7 Å². The fourth-order valence-electron chi connectivity index (χ4n) is 0.938. The van der Waals surface area contributed by atoms with E-state index in [-0.39, 0.29) is 13.2 Å². The van der Waals surface area contributed by atoms with Gasteiger partial charge in [-0.15, -0.1) is 11.3 Å². The minimum Gasteiger partial charge on any atom is -0.463 e. The van der Waals surface area contributed by atoms with Crippen molar-refractivity contribution in [2.75, 3.05) is 13.2 Å². The topological polar surface area (TPSA) is 72.5 Å². The van der Waals surface area contributed by atoms with Crippen molar-refractivity contribution >= 4 is 17.3 Å². The van der Waals surface area contributed by atoms with Crippen molar-refractivity contribution in [2.45, 2.75) is 18.9 Å². The van der Waals surface area contributed by atoms with Gasteiger partial charge in [0.1, 0.15) is 0 Å². The van der Waals surface area contributed by atoms with Gasteiger partial charge in [-0.25, -0.2) is 4.79 Å². The van der Waals surface area contributed by atoms with E-state index in [4.69, 9.17) is 10.5 Å². The third kappa shape index (κ3) is 3.62. The molecular weight excluding hydrogens is 214 g/mol. The third-order valence-corrected chi connectivity index (χ3v) is 2.94. The molecule has 0 aliphatic heterocycles. The molecule has 0 radical (unpaired) electrons. The lowest BCUT2D eigenvalue weighted by atomic mass is 10.1. The number of hydrogen-bond donors (Lipinski definition) is 2. The van der Waals surface area contributed by atoms with E-state index in [1.54, 1.807) is 11.3 Å². The van der Waals surface area contributed by atoms with Crippen LogP contribution in [0.5, 0.6) is 0 Å². The highest BCUT2D eigenvalue weighted by molar-refractivity contribution is 7.09. The maximum atomic E-state index is 11.3. The van der Waals surface area contributed by atoms with E-state index in [9.17, 15) is 9.90 Å². The Morgan fingerprint density at radius 1 is 1.73 bits per heavy atom. The number of esters is 1. The maximum absolute atomic E-state index is 11.3. The van der Waals surface area contributed by atoms with Crippen LogP contribution in [0.4, 0.5) is 0 Å². The second-order valence-corrected chi connectivity index (χ2v) is 4.48. The van der Waals surface area contributed by atoms with Crippen LogP contribution in [0.25, 0.3) is 0 Å². The van der Waals surface area contributed by atoms with Crippen LogP contribution in [0.3, 0.4) is 0 Å². The van der Waals surface area contributed by atoms with E-state index in [1.165, 1.54) is 6.92 Å². The molecular formula is C10H15NO3S. The quantitative estimate of drug-likeness (QED) is 0.723. The fraction of sp³-hybridized carbons (Fsp3) is 0.500. The molecule has 1 unspecified atom stereocenters. The molecule has 0 spiro atoms. The monoisotopic (exact) mass is 229 g/mol. The Bertz CT molecular complexity index is 308. The number of aliphatic hydroxyl groups is 1. The molecule has 1 aromatic rings. The molecule has 0 bridgehead atoms. The van der Waals surface area contributed by atoms with Gasteiger partial charge in [-0.2, -0.15) is 0 Å². The van der Waals surface area contributed by atoms with Gasteiger partial charge in [-0.1, -0.05) is 6.07 Å². The first-order valence-corrected chi connectivity index (χ1v) is 5.56. The zero-order chi connectivity index (χ0) is 11.3. The molecule has 15 heavy (non-hydrogen) atoms. The number of rotatable bonds is 5. The first kappa shape index (κ1) is 12.2. The number of hydrogen-bond acceptors (Lipinski definition) is 5. The predicted octanol–water partition coefficient (Wildman–Crippen LogP) is 0.543. The molecule has 0 saturated heterocycles. The molecule has 84 valence electrons. The van der Waals surface area contributed by atoms with Gasteiger partial charge in [0.05, 0.1) is 6.61 Å². The number of ether oxygens (including phenoxy) is 1. The molecule has 5 heteroatoms. The van der Waals surface area contributed by atoms with E-state index in [0.717, 1.165) is 4.88 Å². The lowest BCUT2D eigenvalue weighted by molar-refractivity contribution is -0.162. The molecule has 1 heterocycles. The molecule has 0 aliphatic rings. The fourth-order valence-corrected chi connectivity index (χ4v) is 1.63. The number of carbonyl (C=O) groups excluding carboxylic acids is 1. The van der Waals surface area contributed by atoms with Crippen LogP contribution in [0.1, 0.15) is 11.8 Å². The van der Waals surface area contributed by atoms with Crippen molar-refractivity contribution in [2.24, 2.45) is 5.73 Å². The highest BCUT2D eigenvalue weighted by Crippen LogP contribution is 2.10. The van der Waals surface area contributed by atoms with Crippen LogP contribution in [0, 0.1) is 0 Å². The lowest BCUT2D eigenvalue weighted by Gasteiger charge is -2.18. The number of thiophene rings is 1. The molecule has 1 atom stereocenters. The average Bonchev–Trinajstić information content (AvgIpc) is 2.70. The van der Waals surface area contributed by atoms with Crippen molar-refractivity contribution in [1.29, 1.82) is 0 Å². The van der Waals surface area contributed by atoms with Gasteiger partial charge in [0, 0.05) is 17.8 Å². The van der Waals surface area contributed by atoms with Crippen molar-refractivity contribution in [3.05, 3.63) is 22.4 Å². The molecule has 0 amide bonds. The normalized spacial score (nSPS) is 14.6. The molecule has 0 aromatic carbocycles. The van der Waals surface area contributed by atoms with Crippen LogP contribution in [0.2, 0.25) is 0 Å². The van der Waals surface area contributed by atoms with E-state index < -0.39 is 11.6 Å². The standard InChI is InChI=1S/C10H15NO3S/c1-10(13,7-11)9(12)14-5-4-8-3-2-6-15-8/h2-3,6,13H,4-5,7,11H2,1H3. The van der Waals surface area contributed by atoms with Gasteiger partial charge >= 0.3 is 5.97 Å². The largest absolute Gasteiger partial charge is 0.463 e. The Hall–Kier alpha value is -0.910. The van der Waals surface area contributed by atoms with Crippen molar-refractivity contribution in [3.63, 3.8) is 0 Å². The minimum atomic E-state index is -1.57. The summed E-state index contributed by atoms with van der Waals surface area (Å²) in [6.07, 6.45) is 0.671. The first-order valence-electron chi connectivity index (χ1n) is 4.68. The van der Waals surface area contributed by atoms with Crippen molar-refractivity contribution in [1.82, 2.24) is 0 Å². The van der Waals surface area contributed by atoms with Crippen molar-refractivity contribution in [3.8, 4) is 0 Å². The zero-order valence-electron chi connectivity index (χ0n) is 8.60. The van der Waals surface area contributed by atoms with Crippen LogP contribution < -0.4 is 5.73 Å². The Kier molecular flexibility index (Phi) is 4.26. The van der Waals surface area contributed by atoms with Crippen LogP contribution in [-0.2, 0) is 16.0 Å². The molecule has 0 fully saturated rings. The highest BCUT2D eigenvalue weighted by Gasteiger charge is 2.29. The van der Waals surface area contributed by atoms with E-state index in [0.29, 0.717) is 6.42 Å². The van der Waals surface area contributed by atoms with Crippen molar-refractivity contribution < 1.29 is 14.6 Å². The predicted molar refractivity (Wildman–Crippen MR) is 58.7 cm³/mol. The summed E-state index contributed by atoms with van der Waals surface area (Å²) in [6, 6.07) is 3.91. The second kappa shape index (κ2) is 5.25. The molecule has 0 aliphatic carbocycles. The van der Waals surface area contributed by atoms with Gasteiger partial charge in [0.25, 0.3) is 0 Å². The second-order valence-electron chi connectivity index (χ2n) is 3.44. The number of nitrogens with two attached hydrogens (primary N) is 1. The van der Waals surface area contributed by atoms with Gasteiger partial charge in [-0.3, -0.25) is 0 Å². The number of carbonyl (C=O) groups is 1. The Balaban J connectivity index is 2.29. The summed E-state index contributed by atoms with van der Waals surface area (Å²) >= 11 is 1.61. The van der Waals surface area contributed by atoms with Crippen LogP contribution >= 0.6 is 11.3 Å². The summed E-state index contributed by atoms with van der Waals surface area (Å²) in [5, 5.41) is 11.4. The Morgan fingerprint density at radius 3 is 3.00 bits per heavy atom. The SMILES string of the molecule is CC(O)(CN)C(=O)OCCc1cccs1. The van der Waals surface area contributed by atoms with Gasteiger partial charge < -0.3 is 15.6 Å². The summed E-state index contributed by atoms with van der Waals surface area (Å²) in [5.41, 5.74) is 3.65. The van der Waals surface area contributed by atoms with E-state index in [1.807, 2.05) is 17.5 Å². The van der Waals surface area contributed by atoms with Gasteiger partial charge in [0.15, 0.2) is 5.60 Å². The Morgan fingerprint density at radius 2 is 2.47 bits per heavy atom.